The molecular formula is C20H16Cl2N2O4S2. The number of hydrogen-bond donors (Lipinski definition) is 1. The Balaban J connectivity index is 2.07. The van der Waals surface area contributed by atoms with E-state index in [-0.39, 0.29) is 16.3 Å². The number of sulfone groups is 2. The van der Waals surface area contributed by atoms with Gasteiger partial charge in [-0.2, -0.15) is 0 Å². The second-order valence-electron chi connectivity index (χ2n) is 6.12. The Hall–Kier alpha value is -2.39. The van der Waals surface area contributed by atoms with Crippen molar-refractivity contribution in [1.29, 1.82) is 0 Å². The summed E-state index contributed by atoms with van der Waals surface area (Å²) in [6, 6.07) is 14.0. The lowest BCUT2D eigenvalue weighted by Gasteiger charge is -2.12. The van der Waals surface area contributed by atoms with Gasteiger partial charge in [-0.1, -0.05) is 29.3 Å². The molecular weight excluding hydrogens is 467 g/mol. The monoisotopic (exact) mass is 482 g/mol. The SMILES string of the molecule is O=S(=O)(C(=CNCc1cccnc1)S(=O)(=O)c1ccc(Cl)cc1)c1ccc(Cl)cc1. The lowest BCUT2D eigenvalue weighted by atomic mass is 10.3. The van der Waals surface area contributed by atoms with Crippen molar-refractivity contribution in [1.82, 2.24) is 10.3 Å². The fraction of sp³-hybridized carbons (Fsp3) is 0.0500. The number of hydrogen-bond acceptors (Lipinski definition) is 6. The van der Waals surface area contributed by atoms with Crippen molar-refractivity contribution in [3.05, 3.63) is 99.1 Å². The molecule has 0 atom stereocenters. The van der Waals surface area contributed by atoms with E-state index in [2.05, 4.69) is 10.3 Å². The first-order valence-corrected chi connectivity index (χ1v) is 12.3. The smallest absolute Gasteiger partial charge is 0.219 e. The standard InChI is InChI=1S/C20H16Cl2N2O4S2/c21-16-3-7-18(8-4-16)29(25,26)20(14-24-13-15-2-1-11-23-12-15)30(27,28)19-9-5-17(22)6-10-19/h1-12,14,24H,13H2. The van der Waals surface area contributed by atoms with Gasteiger partial charge in [-0.15, -0.1) is 0 Å². The van der Waals surface area contributed by atoms with Crippen molar-refractivity contribution in [2.75, 3.05) is 0 Å². The highest BCUT2D eigenvalue weighted by atomic mass is 35.5. The van der Waals surface area contributed by atoms with Crippen LogP contribution in [0.4, 0.5) is 0 Å². The van der Waals surface area contributed by atoms with Crippen LogP contribution < -0.4 is 5.32 Å². The molecule has 3 rings (SSSR count). The molecule has 30 heavy (non-hydrogen) atoms. The predicted molar refractivity (Wildman–Crippen MR) is 116 cm³/mol. The first kappa shape index (κ1) is 22.3. The maximum atomic E-state index is 13.2. The number of nitrogens with one attached hydrogen (secondary N) is 1. The molecule has 1 heterocycles. The Bertz CT molecular complexity index is 1180. The van der Waals surface area contributed by atoms with Crippen molar-refractivity contribution in [3.63, 3.8) is 0 Å². The molecule has 0 radical (unpaired) electrons. The van der Waals surface area contributed by atoms with E-state index >= 15 is 0 Å². The highest BCUT2D eigenvalue weighted by molar-refractivity contribution is 8.14. The molecule has 0 saturated heterocycles. The second kappa shape index (κ2) is 9.18. The maximum absolute atomic E-state index is 13.2. The molecule has 156 valence electrons. The zero-order chi connectivity index (χ0) is 21.8. The molecule has 3 aromatic rings. The molecule has 0 amide bonds. The number of halogens is 2. The number of aromatic nitrogens is 1. The lowest BCUT2D eigenvalue weighted by molar-refractivity contribution is 0.594. The molecule has 0 saturated carbocycles. The number of pyridine rings is 1. The van der Waals surface area contributed by atoms with Crippen LogP contribution in [0.15, 0.2) is 93.3 Å². The Morgan fingerprint density at radius 1 is 0.833 bits per heavy atom. The Kier molecular flexibility index (Phi) is 6.82. The minimum Gasteiger partial charge on any atom is -0.385 e. The van der Waals surface area contributed by atoms with Crippen LogP contribution in [0, 0.1) is 0 Å². The van der Waals surface area contributed by atoms with Crippen molar-refractivity contribution in [2.45, 2.75) is 16.3 Å². The van der Waals surface area contributed by atoms with Crippen molar-refractivity contribution in [2.24, 2.45) is 0 Å². The summed E-state index contributed by atoms with van der Waals surface area (Å²) < 4.78 is 52.0. The molecule has 0 aliphatic heterocycles. The van der Waals surface area contributed by atoms with Gasteiger partial charge in [0.2, 0.25) is 19.7 Å². The van der Waals surface area contributed by atoms with Crippen molar-refractivity contribution < 1.29 is 16.8 Å². The predicted octanol–water partition coefficient (Wildman–Crippen LogP) is 4.22. The molecule has 0 fully saturated rings. The van der Waals surface area contributed by atoms with Gasteiger partial charge in [-0.25, -0.2) is 16.8 Å². The van der Waals surface area contributed by atoms with Crippen LogP contribution in [-0.4, -0.2) is 21.8 Å². The molecule has 1 aromatic heterocycles. The van der Waals surface area contributed by atoms with Gasteiger partial charge in [0, 0.05) is 35.2 Å². The van der Waals surface area contributed by atoms with E-state index in [1.807, 2.05) is 0 Å². The van der Waals surface area contributed by atoms with Gasteiger partial charge < -0.3 is 5.32 Å². The zero-order valence-electron chi connectivity index (χ0n) is 15.4. The van der Waals surface area contributed by atoms with E-state index in [0.29, 0.717) is 10.0 Å². The molecule has 6 nitrogen and oxygen atoms in total. The van der Waals surface area contributed by atoms with Crippen LogP contribution in [0.5, 0.6) is 0 Å². The molecule has 0 bridgehead atoms. The van der Waals surface area contributed by atoms with Gasteiger partial charge in [-0.05, 0) is 60.2 Å². The summed E-state index contributed by atoms with van der Waals surface area (Å²) in [6.45, 7) is 0.184. The van der Waals surface area contributed by atoms with Crippen LogP contribution in [0.3, 0.4) is 0 Å². The fourth-order valence-corrected chi connectivity index (χ4v) is 6.43. The number of benzene rings is 2. The van der Waals surface area contributed by atoms with Gasteiger partial charge >= 0.3 is 0 Å². The third-order valence-corrected chi connectivity index (χ3v) is 8.93. The van der Waals surface area contributed by atoms with Crippen molar-refractivity contribution in [3.8, 4) is 0 Å². The summed E-state index contributed by atoms with van der Waals surface area (Å²) in [7, 11) is -8.77. The van der Waals surface area contributed by atoms with Gasteiger partial charge in [0.1, 0.15) is 0 Å². The molecule has 0 aliphatic rings. The number of rotatable bonds is 7. The summed E-state index contributed by atoms with van der Waals surface area (Å²) in [4.78, 5) is 3.58. The Morgan fingerprint density at radius 2 is 1.33 bits per heavy atom. The van der Waals surface area contributed by atoms with Gasteiger partial charge in [0.15, 0.2) is 4.24 Å². The maximum Gasteiger partial charge on any atom is 0.219 e. The summed E-state index contributed by atoms with van der Waals surface area (Å²) in [5, 5.41) is 3.42. The minimum atomic E-state index is -4.38. The van der Waals surface area contributed by atoms with Crippen LogP contribution >= 0.6 is 23.2 Å². The Morgan fingerprint density at radius 3 is 1.77 bits per heavy atom. The van der Waals surface area contributed by atoms with Gasteiger partial charge in [0.05, 0.1) is 9.79 Å². The van der Waals surface area contributed by atoms with E-state index in [9.17, 15) is 16.8 Å². The van der Waals surface area contributed by atoms with E-state index in [0.717, 1.165) is 11.8 Å². The molecule has 1 N–H and O–H groups in total. The van der Waals surface area contributed by atoms with E-state index in [1.54, 1.807) is 24.5 Å². The molecule has 10 heteroatoms. The average molecular weight is 483 g/mol. The summed E-state index contributed by atoms with van der Waals surface area (Å²) in [5.74, 6) is 0. The molecule has 0 spiro atoms. The quantitative estimate of drug-likeness (QED) is 0.541. The third-order valence-electron chi connectivity index (χ3n) is 4.03. The summed E-state index contributed by atoms with van der Waals surface area (Å²) in [5.41, 5.74) is 0.751. The van der Waals surface area contributed by atoms with Gasteiger partial charge in [-0.3, -0.25) is 4.98 Å². The Labute approximate surface area is 185 Å². The van der Waals surface area contributed by atoms with Gasteiger partial charge in [0.25, 0.3) is 0 Å². The topological polar surface area (TPSA) is 93.2 Å². The van der Waals surface area contributed by atoms with E-state index in [1.165, 1.54) is 48.5 Å². The van der Waals surface area contributed by atoms with Crippen LogP contribution in [0.25, 0.3) is 0 Å². The normalized spacial score (nSPS) is 11.7. The zero-order valence-corrected chi connectivity index (χ0v) is 18.5. The average Bonchev–Trinajstić information content (AvgIpc) is 2.72. The lowest BCUT2D eigenvalue weighted by Crippen LogP contribution is -2.19. The summed E-state index contributed by atoms with van der Waals surface area (Å²) in [6.07, 6.45) is 4.17. The minimum absolute atomic E-state index is 0.184. The first-order chi connectivity index (χ1) is 14.2. The highest BCUT2D eigenvalue weighted by Gasteiger charge is 2.33. The van der Waals surface area contributed by atoms with E-state index < -0.39 is 23.9 Å². The largest absolute Gasteiger partial charge is 0.385 e. The highest BCUT2D eigenvalue weighted by Crippen LogP contribution is 2.30. The first-order valence-electron chi connectivity index (χ1n) is 8.55. The second-order valence-corrected chi connectivity index (χ2v) is 11.1. The van der Waals surface area contributed by atoms with E-state index in [4.69, 9.17) is 23.2 Å². The van der Waals surface area contributed by atoms with Crippen LogP contribution in [-0.2, 0) is 26.2 Å². The fourth-order valence-electron chi connectivity index (χ4n) is 2.51. The van der Waals surface area contributed by atoms with Crippen molar-refractivity contribution >= 4 is 42.9 Å². The van der Waals surface area contributed by atoms with Crippen LogP contribution in [0.2, 0.25) is 10.0 Å². The number of nitrogens with zero attached hydrogens (tertiary/aromatic N) is 1. The molecule has 0 aliphatic carbocycles. The molecule has 2 aromatic carbocycles. The summed E-state index contributed by atoms with van der Waals surface area (Å²) >= 11 is 11.7. The van der Waals surface area contributed by atoms with Crippen LogP contribution in [0.1, 0.15) is 5.56 Å². The third kappa shape index (κ3) is 5.02. The molecule has 0 unspecified atom stereocenters.